The number of carbonyl (C=O) groups is 2. The topological polar surface area (TPSA) is 49.9 Å². The first-order chi connectivity index (χ1) is 9.97. The minimum atomic E-state index is -0.0549. The number of benzene rings is 1. The minimum absolute atomic E-state index is 0.0208. The van der Waals surface area contributed by atoms with Crippen molar-refractivity contribution in [3.05, 3.63) is 29.3 Å². The third kappa shape index (κ3) is 4.04. The lowest BCUT2D eigenvalue weighted by Crippen LogP contribution is -2.48. The lowest BCUT2D eigenvalue weighted by Gasteiger charge is -2.32. The van der Waals surface area contributed by atoms with Crippen molar-refractivity contribution < 1.29 is 14.3 Å². The normalized spacial score (nSPS) is 15.9. The number of aryl methyl sites for hydroxylation is 1. The van der Waals surface area contributed by atoms with Crippen LogP contribution in [0, 0.1) is 6.92 Å². The zero-order valence-electron chi connectivity index (χ0n) is 12.9. The molecule has 0 spiro atoms. The zero-order chi connectivity index (χ0) is 15.4. The summed E-state index contributed by atoms with van der Waals surface area (Å²) >= 11 is 0. The standard InChI is InChI=1S/C16H22N2O3/c1-12-4-5-15(14(10-12)13(2)19)21-11-16(20)18-8-6-17(3)7-9-18/h4-5,10H,6-9,11H2,1-3H3. The van der Waals surface area contributed by atoms with Crippen molar-refractivity contribution in [2.45, 2.75) is 13.8 Å². The van der Waals surface area contributed by atoms with Gasteiger partial charge in [0.25, 0.3) is 5.91 Å². The molecule has 0 unspecified atom stereocenters. The number of carbonyl (C=O) groups excluding carboxylic acids is 2. The van der Waals surface area contributed by atoms with Crippen LogP contribution < -0.4 is 4.74 Å². The van der Waals surface area contributed by atoms with E-state index in [2.05, 4.69) is 4.90 Å². The van der Waals surface area contributed by atoms with E-state index in [1.807, 2.05) is 24.9 Å². The monoisotopic (exact) mass is 290 g/mol. The Balaban J connectivity index is 1.96. The van der Waals surface area contributed by atoms with Crippen LogP contribution in [-0.4, -0.2) is 61.3 Å². The van der Waals surface area contributed by atoms with E-state index in [9.17, 15) is 9.59 Å². The second kappa shape index (κ2) is 6.72. The van der Waals surface area contributed by atoms with Crippen LogP contribution in [0.5, 0.6) is 5.75 Å². The lowest BCUT2D eigenvalue weighted by atomic mass is 10.1. The number of likely N-dealkylation sites (N-methyl/N-ethyl adjacent to an activating group) is 1. The Hall–Kier alpha value is -1.88. The van der Waals surface area contributed by atoms with Gasteiger partial charge in [-0.05, 0) is 33.0 Å². The Labute approximate surface area is 125 Å². The van der Waals surface area contributed by atoms with E-state index in [0.29, 0.717) is 11.3 Å². The molecule has 1 aliphatic heterocycles. The molecular formula is C16H22N2O3. The van der Waals surface area contributed by atoms with Gasteiger partial charge in [0.05, 0.1) is 5.56 Å². The molecule has 0 aromatic heterocycles. The average Bonchev–Trinajstić information content (AvgIpc) is 2.46. The first-order valence-corrected chi connectivity index (χ1v) is 7.18. The minimum Gasteiger partial charge on any atom is -0.483 e. The van der Waals surface area contributed by atoms with Crippen molar-refractivity contribution in [1.29, 1.82) is 0 Å². The molecule has 2 rings (SSSR count). The number of hydrogen-bond acceptors (Lipinski definition) is 4. The molecule has 1 saturated heterocycles. The molecule has 1 aromatic rings. The van der Waals surface area contributed by atoms with Crippen LogP contribution >= 0.6 is 0 Å². The summed E-state index contributed by atoms with van der Waals surface area (Å²) in [5.74, 6) is 0.398. The summed E-state index contributed by atoms with van der Waals surface area (Å²) in [5.41, 5.74) is 1.53. The van der Waals surface area contributed by atoms with Gasteiger partial charge in [-0.15, -0.1) is 0 Å². The molecule has 1 fully saturated rings. The molecule has 5 nitrogen and oxygen atoms in total. The molecule has 1 amide bonds. The van der Waals surface area contributed by atoms with Crippen LogP contribution in [0.1, 0.15) is 22.8 Å². The van der Waals surface area contributed by atoms with Crippen molar-refractivity contribution in [3.63, 3.8) is 0 Å². The first-order valence-electron chi connectivity index (χ1n) is 7.18. The molecule has 1 aromatic carbocycles. The summed E-state index contributed by atoms with van der Waals surface area (Å²) in [5, 5.41) is 0. The van der Waals surface area contributed by atoms with Crippen LogP contribution in [-0.2, 0) is 4.79 Å². The molecule has 0 aliphatic carbocycles. The summed E-state index contributed by atoms with van der Waals surface area (Å²) < 4.78 is 5.57. The number of amides is 1. The SMILES string of the molecule is CC(=O)c1cc(C)ccc1OCC(=O)N1CCN(C)CC1. The van der Waals surface area contributed by atoms with Gasteiger partial charge in [0.15, 0.2) is 12.4 Å². The van der Waals surface area contributed by atoms with Gasteiger partial charge in [-0.1, -0.05) is 11.6 Å². The highest BCUT2D eigenvalue weighted by atomic mass is 16.5. The molecule has 0 N–H and O–H groups in total. The van der Waals surface area contributed by atoms with Crippen molar-refractivity contribution >= 4 is 11.7 Å². The Bertz CT molecular complexity index is 534. The van der Waals surface area contributed by atoms with Gasteiger partial charge in [0, 0.05) is 26.2 Å². The number of ketones is 1. The van der Waals surface area contributed by atoms with Crippen molar-refractivity contribution in [2.75, 3.05) is 39.8 Å². The molecular weight excluding hydrogens is 268 g/mol. The van der Waals surface area contributed by atoms with Gasteiger partial charge in [-0.2, -0.15) is 0 Å². The smallest absolute Gasteiger partial charge is 0.260 e. The highest BCUT2D eigenvalue weighted by Gasteiger charge is 2.20. The van der Waals surface area contributed by atoms with E-state index in [0.717, 1.165) is 31.7 Å². The molecule has 21 heavy (non-hydrogen) atoms. The second-order valence-corrected chi connectivity index (χ2v) is 5.53. The van der Waals surface area contributed by atoms with Crippen molar-refractivity contribution in [1.82, 2.24) is 9.80 Å². The van der Waals surface area contributed by atoms with Crippen LogP contribution in [0.2, 0.25) is 0 Å². The van der Waals surface area contributed by atoms with E-state index >= 15 is 0 Å². The van der Waals surface area contributed by atoms with Crippen molar-refractivity contribution in [2.24, 2.45) is 0 Å². The first kappa shape index (κ1) is 15.5. The van der Waals surface area contributed by atoms with E-state index in [4.69, 9.17) is 4.74 Å². The fourth-order valence-corrected chi connectivity index (χ4v) is 2.33. The number of piperazine rings is 1. The molecule has 0 radical (unpaired) electrons. The van der Waals surface area contributed by atoms with Gasteiger partial charge in [0.2, 0.25) is 0 Å². The zero-order valence-corrected chi connectivity index (χ0v) is 12.9. The number of nitrogens with zero attached hydrogens (tertiary/aromatic N) is 2. The summed E-state index contributed by atoms with van der Waals surface area (Å²) in [6.45, 7) is 6.63. The number of rotatable bonds is 4. The summed E-state index contributed by atoms with van der Waals surface area (Å²) in [4.78, 5) is 27.7. The Morgan fingerprint density at radius 2 is 1.86 bits per heavy atom. The van der Waals surface area contributed by atoms with Gasteiger partial charge in [-0.3, -0.25) is 9.59 Å². The van der Waals surface area contributed by atoms with Crippen LogP contribution in [0.15, 0.2) is 18.2 Å². The van der Waals surface area contributed by atoms with Crippen LogP contribution in [0.25, 0.3) is 0 Å². The quantitative estimate of drug-likeness (QED) is 0.786. The summed E-state index contributed by atoms with van der Waals surface area (Å²) in [7, 11) is 2.05. The van der Waals surface area contributed by atoms with Crippen LogP contribution in [0.3, 0.4) is 0 Å². The van der Waals surface area contributed by atoms with Gasteiger partial charge in [-0.25, -0.2) is 0 Å². The highest BCUT2D eigenvalue weighted by molar-refractivity contribution is 5.97. The lowest BCUT2D eigenvalue weighted by molar-refractivity contribution is -0.134. The maximum atomic E-state index is 12.1. The van der Waals surface area contributed by atoms with Gasteiger partial charge >= 0.3 is 0 Å². The Morgan fingerprint density at radius 3 is 2.48 bits per heavy atom. The van der Waals surface area contributed by atoms with E-state index in [-0.39, 0.29) is 18.3 Å². The molecule has 5 heteroatoms. The maximum Gasteiger partial charge on any atom is 0.260 e. The molecule has 0 bridgehead atoms. The summed E-state index contributed by atoms with van der Waals surface area (Å²) in [6.07, 6.45) is 0. The van der Waals surface area contributed by atoms with E-state index < -0.39 is 0 Å². The summed E-state index contributed by atoms with van der Waals surface area (Å²) in [6, 6.07) is 5.42. The fourth-order valence-electron chi connectivity index (χ4n) is 2.33. The predicted molar refractivity (Wildman–Crippen MR) is 80.8 cm³/mol. The second-order valence-electron chi connectivity index (χ2n) is 5.53. The average molecular weight is 290 g/mol. The number of Topliss-reactive ketones (excluding diaryl/α,β-unsaturated/α-hetero) is 1. The highest BCUT2D eigenvalue weighted by Crippen LogP contribution is 2.20. The fraction of sp³-hybridized carbons (Fsp3) is 0.500. The largest absolute Gasteiger partial charge is 0.483 e. The number of hydrogen-bond donors (Lipinski definition) is 0. The maximum absolute atomic E-state index is 12.1. The molecule has 114 valence electrons. The number of ether oxygens (including phenoxy) is 1. The molecule has 1 aliphatic rings. The van der Waals surface area contributed by atoms with Crippen LogP contribution in [0.4, 0.5) is 0 Å². The van der Waals surface area contributed by atoms with Crippen molar-refractivity contribution in [3.8, 4) is 5.75 Å². The van der Waals surface area contributed by atoms with Gasteiger partial charge in [0.1, 0.15) is 5.75 Å². The van der Waals surface area contributed by atoms with E-state index in [1.165, 1.54) is 6.92 Å². The molecule has 0 atom stereocenters. The third-order valence-electron chi connectivity index (χ3n) is 3.72. The molecule has 1 heterocycles. The third-order valence-corrected chi connectivity index (χ3v) is 3.72. The van der Waals surface area contributed by atoms with E-state index in [1.54, 1.807) is 12.1 Å². The Kier molecular flexibility index (Phi) is 4.96. The molecule has 0 saturated carbocycles. The predicted octanol–water partition coefficient (Wildman–Crippen LogP) is 1.35. The Morgan fingerprint density at radius 1 is 1.19 bits per heavy atom. The van der Waals surface area contributed by atoms with Gasteiger partial charge < -0.3 is 14.5 Å².